The second-order valence-corrected chi connectivity index (χ2v) is 7.26. The summed E-state index contributed by atoms with van der Waals surface area (Å²) in [6, 6.07) is 5.65. The number of aryl methyl sites for hydroxylation is 1. The summed E-state index contributed by atoms with van der Waals surface area (Å²) in [5.41, 5.74) is 1.85. The second-order valence-electron chi connectivity index (χ2n) is 5.40. The molecular formula is C18H18N2O4S2. The van der Waals surface area contributed by atoms with E-state index in [-0.39, 0.29) is 18.3 Å². The molecule has 0 saturated heterocycles. The molecule has 0 atom stereocenters. The van der Waals surface area contributed by atoms with Gasteiger partial charge in [0.05, 0.1) is 20.0 Å². The minimum atomic E-state index is -0.300. The van der Waals surface area contributed by atoms with Crippen LogP contribution in [0, 0.1) is 6.92 Å². The molecule has 0 spiro atoms. The standard InChI is InChI=1S/C18H18N2O4S2/c1-11-6-14(22-2)15(23-3)7-12(11)8-24-16(21)9-26-18-13-4-5-25-17(13)19-10-20-18/h4-7,10H,8-9H2,1-3H3. The molecule has 3 rings (SSSR count). The Kier molecular flexibility index (Phi) is 5.95. The van der Waals surface area contributed by atoms with Crippen LogP contribution < -0.4 is 9.47 Å². The summed E-state index contributed by atoms with van der Waals surface area (Å²) in [5, 5.41) is 3.71. The number of esters is 1. The summed E-state index contributed by atoms with van der Waals surface area (Å²) in [7, 11) is 3.16. The fourth-order valence-corrected chi connectivity index (χ4v) is 3.96. The Balaban J connectivity index is 1.60. The Hall–Kier alpha value is -2.32. The van der Waals surface area contributed by atoms with Crippen LogP contribution in [-0.4, -0.2) is 35.9 Å². The lowest BCUT2D eigenvalue weighted by atomic mass is 10.1. The lowest BCUT2D eigenvalue weighted by Gasteiger charge is -2.13. The van der Waals surface area contributed by atoms with Gasteiger partial charge < -0.3 is 14.2 Å². The van der Waals surface area contributed by atoms with Gasteiger partial charge in [-0.1, -0.05) is 11.8 Å². The van der Waals surface area contributed by atoms with Gasteiger partial charge in [-0.2, -0.15) is 0 Å². The van der Waals surface area contributed by atoms with Crippen LogP contribution in [0.15, 0.2) is 34.9 Å². The van der Waals surface area contributed by atoms with Crippen LogP contribution in [0.4, 0.5) is 0 Å². The highest BCUT2D eigenvalue weighted by molar-refractivity contribution is 8.00. The van der Waals surface area contributed by atoms with Gasteiger partial charge in [-0.3, -0.25) is 4.79 Å². The normalized spacial score (nSPS) is 10.7. The fourth-order valence-electron chi connectivity index (χ4n) is 2.39. The average Bonchev–Trinajstić information content (AvgIpc) is 3.14. The van der Waals surface area contributed by atoms with E-state index in [9.17, 15) is 4.79 Å². The van der Waals surface area contributed by atoms with Crippen molar-refractivity contribution in [1.29, 1.82) is 0 Å². The van der Waals surface area contributed by atoms with Crippen molar-refractivity contribution in [2.75, 3.05) is 20.0 Å². The van der Waals surface area contributed by atoms with E-state index < -0.39 is 0 Å². The average molecular weight is 390 g/mol. The van der Waals surface area contributed by atoms with Gasteiger partial charge >= 0.3 is 5.97 Å². The third-order valence-corrected chi connectivity index (χ3v) is 5.58. The van der Waals surface area contributed by atoms with Gasteiger partial charge in [0.1, 0.15) is 22.8 Å². The topological polar surface area (TPSA) is 70.5 Å². The van der Waals surface area contributed by atoms with Gasteiger partial charge in [0.25, 0.3) is 0 Å². The molecule has 0 saturated carbocycles. The van der Waals surface area contributed by atoms with E-state index in [0.29, 0.717) is 11.5 Å². The minimum Gasteiger partial charge on any atom is -0.493 e. The van der Waals surface area contributed by atoms with Crippen molar-refractivity contribution >= 4 is 39.3 Å². The molecule has 2 aromatic heterocycles. The van der Waals surface area contributed by atoms with Gasteiger partial charge in [0, 0.05) is 5.39 Å². The summed E-state index contributed by atoms with van der Waals surface area (Å²) in [6.07, 6.45) is 1.51. The van der Waals surface area contributed by atoms with Gasteiger partial charge in [-0.15, -0.1) is 11.3 Å². The molecule has 0 N–H and O–H groups in total. The second kappa shape index (κ2) is 8.37. The number of ether oxygens (including phenoxy) is 3. The van der Waals surface area contributed by atoms with E-state index in [1.807, 2.05) is 30.5 Å². The quantitative estimate of drug-likeness (QED) is 0.345. The van der Waals surface area contributed by atoms with E-state index in [4.69, 9.17) is 14.2 Å². The highest BCUT2D eigenvalue weighted by Gasteiger charge is 2.12. The molecule has 0 aliphatic heterocycles. The Morgan fingerprint density at radius 3 is 2.73 bits per heavy atom. The zero-order chi connectivity index (χ0) is 18.5. The van der Waals surface area contributed by atoms with Crippen LogP contribution >= 0.6 is 23.1 Å². The molecule has 0 aliphatic rings. The van der Waals surface area contributed by atoms with Crippen LogP contribution in [0.3, 0.4) is 0 Å². The number of hydrogen-bond donors (Lipinski definition) is 0. The molecule has 8 heteroatoms. The zero-order valence-electron chi connectivity index (χ0n) is 14.6. The number of carbonyl (C=O) groups excluding carboxylic acids is 1. The first-order valence-corrected chi connectivity index (χ1v) is 9.67. The number of nitrogens with zero attached hydrogens (tertiary/aromatic N) is 2. The fraction of sp³-hybridized carbons (Fsp3) is 0.278. The van der Waals surface area contributed by atoms with Crippen molar-refractivity contribution in [3.63, 3.8) is 0 Å². The Morgan fingerprint density at radius 2 is 1.96 bits per heavy atom. The predicted molar refractivity (Wildman–Crippen MR) is 102 cm³/mol. The first-order chi connectivity index (χ1) is 12.6. The molecule has 6 nitrogen and oxygen atoms in total. The lowest BCUT2D eigenvalue weighted by Crippen LogP contribution is -2.08. The first kappa shape index (κ1) is 18.5. The Bertz CT molecular complexity index is 927. The number of aromatic nitrogens is 2. The molecule has 136 valence electrons. The van der Waals surface area contributed by atoms with Gasteiger partial charge in [-0.25, -0.2) is 9.97 Å². The molecule has 26 heavy (non-hydrogen) atoms. The summed E-state index contributed by atoms with van der Waals surface area (Å²) >= 11 is 2.90. The van der Waals surface area contributed by atoms with E-state index in [2.05, 4.69) is 9.97 Å². The molecule has 0 aliphatic carbocycles. The SMILES string of the molecule is COc1cc(C)c(COC(=O)CSc2ncnc3sccc23)cc1OC. The zero-order valence-corrected chi connectivity index (χ0v) is 16.3. The monoisotopic (exact) mass is 390 g/mol. The van der Waals surface area contributed by atoms with Gasteiger partial charge in [0.15, 0.2) is 11.5 Å². The van der Waals surface area contributed by atoms with Crippen molar-refractivity contribution in [3.8, 4) is 11.5 Å². The van der Waals surface area contributed by atoms with Crippen molar-refractivity contribution in [3.05, 3.63) is 41.0 Å². The number of hydrogen-bond acceptors (Lipinski definition) is 8. The number of benzene rings is 1. The van der Waals surface area contributed by atoms with E-state index >= 15 is 0 Å². The summed E-state index contributed by atoms with van der Waals surface area (Å²) in [4.78, 5) is 21.5. The molecule has 0 bridgehead atoms. The lowest BCUT2D eigenvalue weighted by molar-refractivity contribution is -0.141. The minimum absolute atomic E-state index is 0.184. The Labute approximate surface area is 159 Å². The van der Waals surface area contributed by atoms with Crippen molar-refractivity contribution in [2.24, 2.45) is 0 Å². The van der Waals surface area contributed by atoms with E-state index in [0.717, 1.165) is 26.4 Å². The highest BCUT2D eigenvalue weighted by atomic mass is 32.2. The third kappa shape index (κ3) is 4.08. The van der Waals surface area contributed by atoms with Crippen molar-refractivity contribution < 1.29 is 19.0 Å². The number of carbonyl (C=O) groups is 1. The number of thiophene rings is 1. The van der Waals surface area contributed by atoms with E-state index in [1.165, 1.54) is 18.1 Å². The summed E-state index contributed by atoms with van der Waals surface area (Å²) < 4.78 is 16.0. The third-order valence-electron chi connectivity index (χ3n) is 3.78. The van der Waals surface area contributed by atoms with Crippen LogP contribution in [0.2, 0.25) is 0 Å². The van der Waals surface area contributed by atoms with Crippen molar-refractivity contribution in [1.82, 2.24) is 9.97 Å². The molecule has 0 radical (unpaired) electrons. The van der Waals surface area contributed by atoms with Crippen LogP contribution in [0.25, 0.3) is 10.2 Å². The summed E-state index contributed by atoms with van der Waals surface area (Å²) in [6.45, 7) is 2.12. The predicted octanol–water partition coefficient (Wildman–Crippen LogP) is 3.85. The molecule has 0 amide bonds. The van der Waals surface area contributed by atoms with Gasteiger partial charge in [0.2, 0.25) is 0 Å². The molecular weight excluding hydrogens is 372 g/mol. The first-order valence-electron chi connectivity index (χ1n) is 7.80. The molecule has 0 fully saturated rings. The van der Waals surface area contributed by atoms with Crippen molar-refractivity contribution in [2.45, 2.75) is 18.6 Å². The molecule has 2 heterocycles. The Morgan fingerprint density at radius 1 is 1.19 bits per heavy atom. The van der Waals surface area contributed by atoms with Gasteiger partial charge in [-0.05, 0) is 41.6 Å². The molecule has 3 aromatic rings. The molecule has 0 unspecified atom stereocenters. The number of thioether (sulfide) groups is 1. The summed E-state index contributed by atoms with van der Waals surface area (Å²) in [5.74, 6) is 1.15. The maximum atomic E-state index is 12.1. The number of methoxy groups -OCH3 is 2. The highest BCUT2D eigenvalue weighted by Crippen LogP contribution is 2.31. The van der Waals surface area contributed by atoms with Crippen LogP contribution in [0.5, 0.6) is 11.5 Å². The van der Waals surface area contributed by atoms with Crippen LogP contribution in [-0.2, 0) is 16.1 Å². The number of rotatable bonds is 7. The molecule has 1 aromatic carbocycles. The largest absolute Gasteiger partial charge is 0.493 e. The number of fused-ring (bicyclic) bond motifs is 1. The van der Waals surface area contributed by atoms with Crippen LogP contribution in [0.1, 0.15) is 11.1 Å². The smallest absolute Gasteiger partial charge is 0.316 e. The van der Waals surface area contributed by atoms with E-state index in [1.54, 1.807) is 25.6 Å². The maximum Gasteiger partial charge on any atom is 0.316 e. The maximum absolute atomic E-state index is 12.1.